The van der Waals surface area contributed by atoms with Crippen LogP contribution in [0, 0.1) is 5.82 Å². The van der Waals surface area contributed by atoms with Crippen LogP contribution in [0.4, 0.5) is 21.7 Å². The third-order valence-corrected chi connectivity index (χ3v) is 7.84. The third kappa shape index (κ3) is 6.49. The second-order valence-corrected chi connectivity index (χ2v) is 11.1. The fraction of sp³-hybridized carbons (Fsp3) is 0.414. The molecule has 0 bridgehead atoms. The molecule has 2 saturated heterocycles. The smallest absolute Gasteiger partial charge is 0.255 e. The number of hydrogen-bond acceptors (Lipinski definition) is 7. The molecule has 3 aromatic rings. The lowest BCUT2D eigenvalue weighted by Crippen LogP contribution is -2.37. The van der Waals surface area contributed by atoms with Gasteiger partial charge < -0.3 is 24.8 Å². The summed E-state index contributed by atoms with van der Waals surface area (Å²) in [7, 11) is 2.12. The molecule has 11 heteroatoms. The van der Waals surface area contributed by atoms with E-state index in [1.807, 2.05) is 4.90 Å². The van der Waals surface area contributed by atoms with Crippen LogP contribution in [-0.4, -0.2) is 79.8 Å². The third-order valence-electron chi connectivity index (χ3n) is 7.41. The Hall–Kier alpha value is -2.98. The van der Waals surface area contributed by atoms with Crippen molar-refractivity contribution in [1.29, 1.82) is 0 Å². The second kappa shape index (κ2) is 12.7. The molecule has 8 nitrogen and oxygen atoms in total. The molecule has 5 rings (SSSR count). The number of aromatic nitrogens is 2. The van der Waals surface area contributed by atoms with E-state index >= 15 is 4.39 Å². The van der Waals surface area contributed by atoms with Gasteiger partial charge in [0.1, 0.15) is 5.82 Å². The number of rotatable bonds is 8. The summed E-state index contributed by atoms with van der Waals surface area (Å²) in [4.78, 5) is 28.8. The average molecular weight is 588 g/mol. The summed E-state index contributed by atoms with van der Waals surface area (Å²) in [6.07, 6.45) is 5.24. The summed E-state index contributed by atoms with van der Waals surface area (Å²) in [5.41, 5.74) is 2.25. The summed E-state index contributed by atoms with van der Waals surface area (Å²) in [6, 6.07) is 8.17. The van der Waals surface area contributed by atoms with Gasteiger partial charge in [0.25, 0.3) is 5.91 Å². The van der Waals surface area contributed by atoms with Crippen molar-refractivity contribution in [2.24, 2.45) is 0 Å². The Morgan fingerprint density at radius 2 is 1.77 bits per heavy atom. The maximum Gasteiger partial charge on any atom is 0.255 e. The Morgan fingerprint density at radius 3 is 2.45 bits per heavy atom. The standard InChI is InChI=1S/C29H33Cl2FN6O2/c1-3-5-36(2)23-4-6-38(18-23)27-15-25(32)24(20-16-33-29(34-17-20)37-7-9-40-10-8-37)14-26(27)35-28(39)19-11-21(30)13-22(31)12-19/h11-17,23H,3-10,18H2,1-2H3,(H,35,39)/t23-/m0/s1. The number of likely N-dealkylation sites (N-methyl/N-ethyl adjacent to an activating group) is 1. The average Bonchev–Trinajstić information content (AvgIpc) is 3.44. The predicted molar refractivity (Wildman–Crippen MR) is 158 cm³/mol. The van der Waals surface area contributed by atoms with Crippen LogP contribution in [-0.2, 0) is 4.74 Å². The van der Waals surface area contributed by atoms with Crippen LogP contribution >= 0.6 is 23.2 Å². The molecule has 0 saturated carbocycles. The number of carbonyl (C=O) groups excluding carboxylic acids is 1. The number of amides is 1. The van der Waals surface area contributed by atoms with Gasteiger partial charge in [-0.25, -0.2) is 14.4 Å². The molecule has 2 aliphatic heterocycles. The van der Waals surface area contributed by atoms with Crippen LogP contribution in [0.25, 0.3) is 11.1 Å². The van der Waals surface area contributed by atoms with Crippen molar-refractivity contribution in [1.82, 2.24) is 14.9 Å². The lowest BCUT2D eigenvalue weighted by Gasteiger charge is -2.27. The van der Waals surface area contributed by atoms with E-state index in [1.54, 1.807) is 36.7 Å². The highest BCUT2D eigenvalue weighted by Crippen LogP contribution is 2.37. The highest BCUT2D eigenvalue weighted by atomic mass is 35.5. The minimum absolute atomic E-state index is 0.301. The van der Waals surface area contributed by atoms with E-state index in [4.69, 9.17) is 27.9 Å². The molecule has 0 unspecified atom stereocenters. The zero-order chi connectivity index (χ0) is 28.2. The van der Waals surface area contributed by atoms with Gasteiger partial charge in [0.15, 0.2) is 0 Å². The van der Waals surface area contributed by atoms with Gasteiger partial charge in [0, 0.05) is 71.4 Å². The van der Waals surface area contributed by atoms with Gasteiger partial charge in [-0.05, 0) is 56.8 Å². The first-order valence-corrected chi connectivity index (χ1v) is 14.3. The van der Waals surface area contributed by atoms with Crippen LogP contribution in [0.1, 0.15) is 30.1 Å². The van der Waals surface area contributed by atoms with Gasteiger partial charge in [0.2, 0.25) is 5.95 Å². The number of hydrogen-bond donors (Lipinski definition) is 1. The molecule has 0 radical (unpaired) electrons. The summed E-state index contributed by atoms with van der Waals surface area (Å²) in [6.45, 7) is 7.28. The molecule has 2 aromatic carbocycles. The quantitative estimate of drug-likeness (QED) is 0.368. The van der Waals surface area contributed by atoms with Gasteiger partial charge in [-0.15, -0.1) is 0 Å². The normalized spacial score (nSPS) is 17.5. The molecule has 3 heterocycles. The number of benzene rings is 2. The molecule has 1 atom stereocenters. The minimum Gasteiger partial charge on any atom is -0.378 e. The van der Waals surface area contributed by atoms with Gasteiger partial charge in [-0.1, -0.05) is 30.1 Å². The van der Waals surface area contributed by atoms with Crippen molar-refractivity contribution in [2.75, 3.05) is 68.1 Å². The van der Waals surface area contributed by atoms with Crippen LogP contribution < -0.4 is 15.1 Å². The zero-order valence-electron chi connectivity index (χ0n) is 22.7. The molecule has 212 valence electrons. The van der Waals surface area contributed by atoms with Crippen molar-refractivity contribution in [2.45, 2.75) is 25.8 Å². The fourth-order valence-corrected chi connectivity index (χ4v) is 5.79. The van der Waals surface area contributed by atoms with Crippen molar-refractivity contribution in [3.05, 3.63) is 64.2 Å². The number of halogens is 3. The maximum absolute atomic E-state index is 15.7. The molecule has 1 aromatic heterocycles. The molecular formula is C29H33Cl2FN6O2. The van der Waals surface area contributed by atoms with Crippen LogP contribution in [0.5, 0.6) is 0 Å². The van der Waals surface area contributed by atoms with Gasteiger partial charge in [-0.2, -0.15) is 0 Å². The van der Waals surface area contributed by atoms with Crippen molar-refractivity contribution < 1.29 is 13.9 Å². The Balaban J connectivity index is 1.47. The van der Waals surface area contributed by atoms with E-state index in [0.29, 0.717) is 76.4 Å². The molecule has 0 spiro atoms. The molecule has 2 fully saturated rings. The Labute approximate surface area is 244 Å². The van der Waals surface area contributed by atoms with E-state index in [2.05, 4.69) is 39.1 Å². The summed E-state index contributed by atoms with van der Waals surface area (Å²) in [5.74, 6) is -0.220. The highest BCUT2D eigenvalue weighted by molar-refractivity contribution is 6.35. The largest absolute Gasteiger partial charge is 0.378 e. The van der Waals surface area contributed by atoms with Gasteiger partial charge in [0.05, 0.1) is 24.6 Å². The molecule has 0 aliphatic carbocycles. The lowest BCUT2D eigenvalue weighted by atomic mass is 10.1. The van der Waals surface area contributed by atoms with Crippen molar-refractivity contribution in [3.8, 4) is 11.1 Å². The first kappa shape index (κ1) is 28.5. The first-order valence-electron chi connectivity index (χ1n) is 13.5. The molecule has 1 amide bonds. The number of nitrogens with one attached hydrogen (secondary N) is 1. The highest BCUT2D eigenvalue weighted by Gasteiger charge is 2.28. The molecule has 40 heavy (non-hydrogen) atoms. The summed E-state index contributed by atoms with van der Waals surface area (Å²) in [5, 5.41) is 3.70. The van der Waals surface area contributed by atoms with E-state index in [1.165, 1.54) is 6.07 Å². The number of morpholine rings is 1. The number of ether oxygens (including phenoxy) is 1. The monoisotopic (exact) mass is 586 g/mol. The minimum atomic E-state index is -0.410. The second-order valence-electron chi connectivity index (χ2n) is 10.2. The van der Waals surface area contributed by atoms with Crippen LogP contribution in [0.2, 0.25) is 10.0 Å². The van der Waals surface area contributed by atoms with E-state index in [-0.39, 0.29) is 5.91 Å². The van der Waals surface area contributed by atoms with Crippen molar-refractivity contribution in [3.63, 3.8) is 0 Å². The Kier molecular flexibility index (Phi) is 9.05. The van der Waals surface area contributed by atoms with Crippen LogP contribution in [0.3, 0.4) is 0 Å². The summed E-state index contributed by atoms with van der Waals surface area (Å²) < 4.78 is 21.1. The number of carbonyl (C=O) groups is 1. The van der Waals surface area contributed by atoms with E-state index < -0.39 is 5.82 Å². The van der Waals surface area contributed by atoms with E-state index in [9.17, 15) is 4.79 Å². The van der Waals surface area contributed by atoms with Crippen molar-refractivity contribution >= 4 is 46.4 Å². The molecule has 1 N–H and O–H groups in total. The van der Waals surface area contributed by atoms with E-state index in [0.717, 1.165) is 32.5 Å². The SMILES string of the molecule is CCCN(C)[C@H]1CCN(c2cc(F)c(-c3cnc(N4CCOCC4)nc3)cc2NC(=O)c2cc(Cl)cc(Cl)c2)C1. The van der Waals surface area contributed by atoms with Crippen LogP contribution in [0.15, 0.2) is 42.7 Å². The lowest BCUT2D eigenvalue weighted by molar-refractivity contribution is 0.102. The number of nitrogens with zero attached hydrogens (tertiary/aromatic N) is 5. The van der Waals surface area contributed by atoms with Gasteiger partial charge >= 0.3 is 0 Å². The summed E-state index contributed by atoms with van der Waals surface area (Å²) >= 11 is 12.3. The Bertz CT molecular complexity index is 1330. The molecule has 2 aliphatic rings. The topological polar surface area (TPSA) is 73.8 Å². The number of anilines is 3. The molecular weight excluding hydrogens is 554 g/mol. The Morgan fingerprint density at radius 1 is 1.07 bits per heavy atom. The maximum atomic E-state index is 15.7. The first-order chi connectivity index (χ1) is 19.3. The fourth-order valence-electron chi connectivity index (χ4n) is 5.27. The zero-order valence-corrected chi connectivity index (χ0v) is 24.2. The predicted octanol–water partition coefficient (Wildman–Crippen LogP) is 5.60. The van der Waals surface area contributed by atoms with Gasteiger partial charge in [-0.3, -0.25) is 4.79 Å².